The summed E-state index contributed by atoms with van der Waals surface area (Å²) in [5.41, 5.74) is 0.210. The van der Waals surface area contributed by atoms with Crippen molar-refractivity contribution in [2.24, 2.45) is 5.92 Å². The van der Waals surface area contributed by atoms with Crippen LogP contribution in [0.15, 0.2) is 29.2 Å². The quantitative estimate of drug-likeness (QED) is 0.896. The highest BCUT2D eigenvalue weighted by Crippen LogP contribution is 2.26. The first-order valence-corrected chi connectivity index (χ1v) is 7.20. The van der Waals surface area contributed by atoms with E-state index >= 15 is 0 Å². The average molecular weight is 252 g/mol. The molecule has 1 aromatic carbocycles. The SMILES string of the molecule is O=C(O)c1cccc(S(=O)CC2CCCC2)c1. The topological polar surface area (TPSA) is 54.4 Å². The number of carboxylic acids is 1. The van der Waals surface area contributed by atoms with Crippen LogP contribution < -0.4 is 0 Å². The van der Waals surface area contributed by atoms with Gasteiger partial charge in [0.2, 0.25) is 0 Å². The number of hydrogen-bond donors (Lipinski definition) is 1. The monoisotopic (exact) mass is 252 g/mol. The van der Waals surface area contributed by atoms with Crippen LogP contribution in [0.3, 0.4) is 0 Å². The summed E-state index contributed by atoms with van der Waals surface area (Å²) in [6.07, 6.45) is 4.78. The molecule has 1 saturated carbocycles. The summed E-state index contributed by atoms with van der Waals surface area (Å²) in [5, 5.41) is 8.88. The zero-order chi connectivity index (χ0) is 12.3. The fourth-order valence-electron chi connectivity index (χ4n) is 2.26. The number of rotatable bonds is 4. The van der Waals surface area contributed by atoms with Crippen LogP contribution in [-0.4, -0.2) is 21.0 Å². The van der Waals surface area contributed by atoms with Crippen molar-refractivity contribution in [1.29, 1.82) is 0 Å². The Hall–Kier alpha value is -1.16. The van der Waals surface area contributed by atoms with Gasteiger partial charge in [-0.25, -0.2) is 4.79 Å². The van der Waals surface area contributed by atoms with E-state index < -0.39 is 16.8 Å². The van der Waals surface area contributed by atoms with Crippen molar-refractivity contribution < 1.29 is 14.1 Å². The summed E-state index contributed by atoms with van der Waals surface area (Å²) in [7, 11) is -1.06. The van der Waals surface area contributed by atoms with E-state index in [2.05, 4.69) is 0 Å². The highest BCUT2D eigenvalue weighted by molar-refractivity contribution is 7.85. The molecule has 17 heavy (non-hydrogen) atoms. The Bertz CT molecular complexity index is 436. The van der Waals surface area contributed by atoms with Crippen LogP contribution in [0, 0.1) is 5.92 Å². The molecule has 92 valence electrons. The Labute approximate surface area is 103 Å². The van der Waals surface area contributed by atoms with Gasteiger partial charge in [-0.1, -0.05) is 18.9 Å². The molecule has 1 unspecified atom stereocenters. The lowest BCUT2D eigenvalue weighted by molar-refractivity contribution is 0.0696. The molecule has 1 aliphatic carbocycles. The van der Waals surface area contributed by atoms with Gasteiger partial charge in [-0.3, -0.25) is 4.21 Å². The predicted octanol–water partition coefficient (Wildman–Crippen LogP) is 2.68. The molecule has 4 heteroatoms. The average Bonchev–Trinajstić information content (AvgIpc) is 2.82. The normalized spacial score (nSPS) is 18.1. The maximum atomic E-state index is 12.1. The van der Waals surface area contributed by atoms with Crippen LogP contribution in [-0.2, 0) is 10.8 Å². The largest absolute Gasteiger partial charge is 0.478 e. The number of hydrogen-bond acceptors (Lipinski definition) is 2. The Balaban J connectivity index is 2.07. The number of benzene rings is 1. The molecule has 1 N–H and O–H groups in total. The molecule has 2 rings (SSSR count). The first-order valence-electron chi connectivity index (χ1n) is 5.88. The van der Waals surface area contributed by atoms with Gasteiger partial charge in [0.05, 0.1) is 16.4 Å². The van der Waals surface area contributed by atoms with Gasteiger partial charge in [0.15, 0.2) is 0 Å². The summed E-state index contributed by atoms with van der Waals surface area (Å²) in [6, 6.07) is 6.45. The van der Waals surface area contributed by atoms with Crippen molar-refractivity contribution >= 4 is 16.8 Å². The Kier molecular flexibility index (Phi) is 3.94. The molecule has 0 aromatic heterocycles. The molecule has 1 aromatic rings. The molecule has 1 atom stereocenters. The molecular weight excluding hydrogens is 236 g/mol. The smallest absolute Gasteiger partial charge is 0.335 e. The van der Waals surface area contributed by atoms with Crippen molar-refractivity contribution in [2.75, 3.05) is 5.75 Å². The lowest BCUT2D eigenvalue weighted by atomic mass is 10.1. The van der Waals surface area contributed by atoms with Gasteiger partial charge in [0, 0.05) is 10.6 Å². The number of aromatic carboxylic acids is 1. The predicted molar refractivity (Wildman–Crippen MR) is 66.6 cm³/mol. The second-order valence-electron chi connectivity index (χ2n) is 4.50. The maximum absolute atomic E-state index is 12.1. The van der Waals surface area contributed by atoms with Crippen LogP contribution >= 0.6 is 0 Å². The molecule has 1 fully saturated rings. The molecule has 0 amide bonds. The lowest BCUT2D eigenvalue weighted by Gasteiger charge is -2.08. The maximum Gasteiger partial charge on any atom is 0.335 e. The highest BCUT2D eigenvalue weighted by Gasteiger charge is 2.18. The van der Waals surface area contributed by atoms with E-state index in [9.17, 15) is 9.00 Å². The van der Waals surface area contributed by atoms with Gasteiger partial charge in [-0.2, -0.15) is 0 Å². The third kappa shape index (κ3) is 3.16. The van der Waals surface area contributed by atoms with Gasteiger partial charge in [0.25, 0.3) is 0 Å². The van der Waals surface area contributed by atoms with Crippen molar-refractivity contribution in [3.63, 3.8) is 0 Å². The van der Waals surface area contributed by atoms with Gasteiger partial charge in [-0.15, -0.1) is 0 Å². The van der Waals surface area contributed by atoms with E-state index in [1.165, 1.54) is 25.0 Å². The minimum atomic E-state index is -1.06. The summed E-state index contributed by atoms with van der Waals surface area (Å²) < 4.78 is 12.1. The molecular formula is C13H16O3S. The highest BCUT2D eigenvalue weighted by atomic mass is 32.2. The molecule has 0 saturated heterocycles. The van der Waals surface area contributed by atoms with Crippen LogP contribution in [0.1, 0.15) is 36.0 Å². The molecule has 1 aliphatic rings. The third-order valence-electron chi connectivity index (χ3n) is 3.21. The van der Waals surface area contributed by atoms with E-state index in [-0.39, 0.29) is 5.56 Å². The molecule has 0 radical (unpaired) electrons. The van der Waals surface area contributed by atoms with E-state index in [4.69, 9.17) is 5.11 Å². The van der Waals surface area contributed by atoms with Crippen molar-refractivity contribution in [3.05, 3.63) is 29.8 Å². The molecule has 0 bridgehead atoms. The standard InChI is InChI=1S/C13H16O3S/c14-13(15)11-6-3-7-12(8-11)17(16)9-10-4-1-2-5-10/h3,6-8,10H,1-2,4-5,9H2,(H,14,15). The van der Waals surface area contributed by atoms with E-state index in [0.717, 1.165) is 12.8 Å². The van der Waals surface area contributed by atoms with Crippen molar-refractivity contribution in [3.8, 4) is 0 Å². The van der Waals surface area contributed by atoms with Crippen LogP contribution in [0.25, 0.3) is 0 Å². The third-order valence-corrected chi connectivity index (χ3v) is 4.76. The minimum absolute atomic E-state index is 0.210. The van der Waals surface area contributed by atoms with E-state index in [1.807, 2.05) is 0 Å². The lowest BCUT2D eigenvalue weighted by Crippen LogP contribution is -2.08. The van der Waals surface area contributed by atoms with E-state index in [1.54, 1.807) is 12.1 Å². The van der Waals surface area contributed by atoms with Gasteiger partial charge in [0.1, 0.15) is 0 Å². The van der Waals surface area contributed by atoms with Gasteiger partial charge < -0.3 is 5.11 Å². The van der Waals surface area contributed by atoms with Crippen molar-refractivity contribution in [1.82, 2.24) is 0 Å². The Morgan fingerprint density at radius 1 is 1.35 bits per heavy atom. The molecule has 0 heterocycles. The Morgan fingerprint density at radius 2 is 2.06 bits per heavy atom. The fraction of sp³-hybridized carbons (Fsp3) is 0.462. The summed E-state index contributed by atoms with van der Waals surface area (Å²) in [5.74, 6) is 0.248. The second kappa shape index (κ2) is 5.45. The minimum Gasteiger partial charge on any atom is -0.478 e. The Morgan fingerprint density at radius 3 is 2.71 bits per heavy atom. The molecule has 3 nitrogen and oxygen atoms in total. The van der Waals surface area contributed by atoms with E-state index in [0.29, 0.717) is 16.6 Å². The van der Waals surface area contributed by atoms with Crippen LogP contribution in [0.4, 0.5) is 0 Å². The zero-order valence-corrected chi connectivity index (χ0v) is 10.4. The van der Waals surface area contributed by atoms with Crippen LogP contribution in [0.2, 0.25) is 0 Å². The first-order chi connectivity index (χ1) is 8.16. The fourth-order valence-corrected chi connectivity index (χ4v) is 3.70. The number of carboxylic acid groups (broad SMARTS) is 1. The van der Waals surface area contributed by atoms with Crippen molar-refractivity contribution in [2.45, 2.75) is 30.6 Å². The summed E-state index contributed by atoms with van der Waals surface area (Å²) in [4.78, 5) is 11.5. The van der Waals surface area contributed by atoms with Gasteiger partial charge >= 0.3 is 5.97 Å². The zero-order valence-electron chi connectivity index (χ0n) is 9.59. The second-order valence-corrected chi connectivity index (χ2v) is 5.99. The molecule has 0 spiro atoms. The first kappa shape index (κ1) is 12.3. The number of carbonyl (C=O) groups is 1. The van der Waals surface area contributed by atoms with Crippen LogP contribution in [0.5, 0.6) is 0 Å². The van der Waals surface area contributed by atoms with Gasteiger partial charge in [-0.05, 0) is 37.0 Å². The summed E-state index contributed by atoms with van der Waals surface area (Å²) >= 11 is 0. The summed E-state index contributed by atoms with van der Waals surface area (Å²) in [6.45, 7) is 0. The molecule has 0 aliphatic heterocycles.